The van der Waals surface area contributed by atoms with E-state index in [9.17, 15) is 0 Å². The molecule has 1 nitrogen and oxygen atoms in total. The van der Waals surface area contributed by atoms with E-state index in [0.717, 1.165) is 23.4 Å². The Balaban J connectivity index is 2.91. The first-order valence-electron chi connectivity index (χ1n) is 4.55. The van der Waals surface area contributed by atoms with Gasteiger partial charge in [-0.2, -0.15) is 0 Å². The molecule has 13 heavy (non-hydrogen) atoms. The first-order valence-corrected chi connectivity index (χ1v) is 4.55. The Kier molecular flexibility index (Phi) is 3.44. The summed E-state index contributed by atoms with van der Waals surface area (Å²) in [7, 11) is 0. The number of hydrogen-bond acceptors (Lipinski definition) is 1. The van der Waals surface area contributed by atoms with Gasteiger partial charge in [-0.05, 0) is 25.0 Å². The van der Waals surface area contributed by atoms with Crippen molar-refractivity contribution >= 4 is 5.71 Å². The fourth-order valence-electron chi connectivity index (χ4n) is 1.08. The summed E-state index contributed by atoms with van der Waals surface area (Å²) in [6, 6.07) is 0. The van der Waals surface area contributed by atoms with Gasteiger partial charge in [0, 0.05) is 5.70 Å². The Morgan fingerprint density at radius 2 is 2.15 bits per heavy atom. The normalized spacial score (nSPS) is 21.4. The SMILES string of the molecule is C=C(CC)N=C1C=CC=C/C1=C/C. The molecule has 0 radical (unpaired) electrons. The highest BCUT2D eigenvalue weighted by molar-refractivity contribution is 6.11. The summed E-state index contributed by atoms with van der Waals surface area (Å²) in [4.78, 5) is 4.42. The quantitative estimate of drug-likeness (QED) is 0.606. The van der Waals surface area contributed by atoms with Crippen LogP contribution in [0.2, 0.25) is 0 Å². The van der Waals surface area contributed by atoms with Gasteiger partial charge < -0.3 is 0 Å². The van der Waals surface area contributed by atoms with Crippen molar-refractivity contribution in [2.24, 2.45) is 4.99 Å². The zero-order chi connectivity index (χ0) is 9.68. The van der Waals surface area contributed by atoms with Crippen molar-refractivity contribution in [1.82, 2.24) is 0 Å². The molecular formula is C12H15N. The van der Waals surface area contributed by atoms with E-state index in [1.807, 2.05) is 25.2 Å². The maximum absolute atomic E-state index is 4.42. The van der Waals surface area contributed by atoms with Gasteiger partial charge in [0.1, 0.15) is 0 Å². The van der Waals surface area contributed by atoms with Gasteiger partial charge in [0.05, 0.1) is 5.71 Å². The van der Waals surface area contributed by atoms with Gasteiger partial charge in [-0.25, -0.2) is 0 Å². The van der Waals surface area contributed by atoms with Gasteiger partial charge in [0.15, 0.2) is 0 Å². The van der Waals surface area contributed by atoms with E-state index in [4.69, 9.17) is 0 Å². The minimum absolute atomic E-state index is 0.901. The van der Waals surface area contributed by atoms with Crippen LogP contribution < -0.4 is 0 Å². The molecule has 1 aliphatic rings. The molecule has 0 saturated carbocycles. The van der Waals surface area contributed by atoms with Crippen LogP contribution in [-0.2, 0) is 0 Å². The fraction of sp³-hybridized carbons (Fsp3) is 0.250. The Morgan fingerprint density at radius 3 is 2.77 bits per heavy atom. The molecule has 0 N–H and O–H groups in total. The lowest BCUT2D eigenvalue weighted by molar-refractivity contribution is 1.08. The third-order valence-electron chi connectivity index (χ3n) is 1.93. The molecule has 0 unspecified atom stereocenters. The molecule has 0 aromatic heterocycles. The van der Waals surface area contributed by atoms with Crippen LogP contribution in [0.4, 0.5) is 0 Å². The average molecular weight is 173 g/mol. The molecule has 0 aromatic rings. The van der Waals surface area contributed by atoms with Crippen LogP contribution >= 0.6 is 0 Å². The summed E-state index contributed by atoms with van der Waals surface area (Å²) in [5, 5.41) is 0. The van der Waals surface area contributed by atoms with E-state index in [1.54, 1.807) is 0 Å². The van der Waals surface area contributed by atoms with Gasteiger partial charge in [0.25, 0.3) is 0 Å². The second-order valence-corrected chi connectivity index (χ2v) is 2.88. The predicted octanol–water partition coefficient (Wildman–Crippen LogP) is 3.42. The van der Waals surface area contributed by atoms with Crippen molar-refractivity contribution in [3.8, 4) is 0 Å². The molecule has 68 valence electrons. The molecule has 0 heterocycles. The summed E-state index contributed by atoms with van der Waals surface area (Å²) in [6.07, 6.45) is 11.0. The lowest BCUT2D eigenvalue weighted by atomic mass is 10.1. The second-order valence-electron chi connectivity index (χ2n) is 2.88. The summed E-state index contributed by atoms with van der Waals surface area (Å²) in [5.41, 5.74) is 3.10. The lowest BCUT2D eigenvalue weighted by Crippen LogP contribution is -2.00. The van der Waals surface area contributed by atoms with Gasteiger partial charge in [-0.15, -0.1) is 0 Å². The number of rotatable bonds is 2. The lowest BCUT2D eigenvalue weighted by Gasteiger charge is -2.06. The van der Waals surface area contributed by atoms with E-state index in [1.165, 1.54) is 0 Å². The van der Waals surface area contributed by atoms with Crippen molar-refractivity contribution in [3.05, 3.63) is 48.2 Å². The van der Waals surface area contributed by atoms with Crippen molar-refractivity contribution in [2.75, 3.05) is 0 Å². The van der Waals surface area contributed by atoms with Gasteiger partial charge in [0.2, 0.25) is 0 Å². The van der Waals surface area contributed by atoms with Crippen molar-refractivity contribution in [3.63, 3.8) is 0 Å². The van der Waals surface area contributed by atoms with Gasteiger partial charge >= 0.3 is 0 Å². The van der Waals surface area contributed by atoms with Crippen molar-refractivity contribution in [2.45, 2.75) is 20.3 Å². The zero-order valence-electron chi connectivity index (χ0n) is 8.25. The Morgan fingerprint density at radius 1 is 1.46 bits per heavy atom. The number of nitrogens with zero attached hydrogens (tertiary/aromatic N) is 1. The maximum Gasteiger partial charge on any atom is 0.0701 e. The molecule has 0 bridgehead atoms. The Hall–Kier alpha value is -1.37. The predicted molar refractivity (Wildman–Crippen MR) is 58.9 cm³/mol. The summed E-state index contributed by atoms with van der Waals surface area (Å²) in [6.45, 7) is 7.94. The fourth-order valence-corrected chi connectivity index (χ4v) is 1.08. The van der Waals surface area contributed by atoms with Crippen LogP contribution in [0.25, 0.3) is 0 Å². The molecule has 0 aliphatic heterocycles. The molecule has 0 fully saturated rings. The second kappa shape index (κ2) is 4.61. The highest BCUT2D eigenvalue weighted by Gasteiger charge is 2.02. The molecule has 1 aliphatic carbocycles. The van der Waals surface area contributed by atoms with Crippen LogP contribution in [0.5, 0.6) is 0 Å². The summed E-state index contributed by atoms with van der Waals surface area (Å²) in [5.74, 6) is 0. The number of aliphatic imine (C=N–C) groups is 1. The molecule has 0 saturated heterocycles. The topological polar surface area (TPSA) is 12.4 Å². The summed E-state index contributed by atoms with van der Waals surface area (Å²) >= 11 is 0. The summed E-state index contributed by atoms with van der Waals surface area (Å²) < 4.78 is 0. The first kappa shape index (κ1) is 9.72. The van der Waals surface area contributed by atoms with Crippen LogP contribution in [0.3, 0.4) is 0 Å². The number of hydrogen-bond donors (Lipinski definition) is 0. The van der Waals surface area contributed by atoms with Crippen LogP contribution in [0.1, 0.15) is 20.3 Å². The van der Waals surface area contributed by atoms with Crippen molar-refractivity contribution < 1.29 is 0 Å². The molecule has 1 heteroatoms. The Bertz CT molecular complexity index is 314. The molecule has 0 aromatic carbocycles. The monoisotopic (exact) mass is 173 g/mol. The number of allylic oxidation sites excluding steroid dienone is 7. The Labute approximate surface area is 79.9 Å². The van der Waals surface area contributed by atoms with Gasteiger partial charge in [-0.1, -0.05) is 37.8 Å². The standard InChI is InChI=1S/C12H15N/c1-4-10(3)13-12-9-7-6-8-11(12)5-2/h5-9H,3-4H2,1-2H3/b11-5-,13-12?. The maximum atomic E-state index is 4.42. The van der Waals surface area contributed by atoms with E-state index < -0.39 is 0 Å². The third-order valence-corrected chi connectivity index (χ3v) is 1.93. The van der Waals surface area contributed by atoms with Crippen LogP contribution in [0, 0.1) is 0 Å². The molecule has 0 atom stereocenters. The van der Waals surface area contributed by atoms with Crippen molar-refractivity contribution in [1.29, 1.82) is 0 Å². The van der Waals surface area contributed by atoms with E-state index in [2.05, 4.69) is 30.6 Å². The smallest absolute Gasteiger partial charge is 0.0701 e. The molecule has 0 spiro atoms. The largest absolute Gasteiger partial charge is 0.253 e. The molecular weight excluding hydrogens is 158 g/mol. The molecule has 0 amide bonds. The van der Waals surface area contributed by atoms with Gasteiger partial charge in [-0.3, -0.25) is 4.99 Å². The zero-order valence-corrected chi connectivity index (χ0v) is 8.25. The van der Waals surface area contributed by atoms with Crippen LogP contribution in [-0.4, -0.2) is 5.71 Å². The van der Waals surface area contributed by atoms with Crippen LogP contribution in [0.15, 0.2) is 53.2 Å². The minimum Gasteiger partial charge on any atom is -0.253 e. The highest BCUT2D eigenvalue weighted by Crippen LogP contribution is 2.11. The average Bonchev–Trinajstić information content (AvgIpc) is 2.18. The minimum atomic E-state index is 0.901. The first-order chi connectivity index (χ1) is 6.27. The third kappa shape index (κ3) is 2.55. The van der Waals surface area contributed by atoms with E-state index >= 15 is 0 Å². The molecule has 1 rings (SSSR count). The highest BCUT2D eigenvalue weighted by atomic mass is 14.7. The van der Waals surface area contributed by atoms with E-state index in [-0.39, 0.29) is 0 Å². The van der Waals surface area contributed by atoms with E-state index in [0.29, 0.717) is 0 Å².